The van der Waals surface area contributed by atoms with Crippen LogP contribution in [0, 0.1) is 12.3 Å². The zero-order chi connectivity index (χ0) is 14.6. The number of nitrogens with one attached hydrogen (secondary N) is 1. The summed E-state index contributed by atoms with van der Waals surface area (Å²) in [5, 5.41) is 8.84. The van der Waals surface area contributed by atoms with Crippen molar-refractivity contribution in [2.24, 2.45) is 0 Å². The fraction of sp³-hybridized carbons (Fsp3) is 0.182. The van der Waals surface area contributed by atoms with Crippen LogP contribution >= 0.6 is 27.5 Å². The van der Waals surface area contributed by atoms with Crippen molar-refractivity contribution < 1.29 is 18.3 Å². The molecule has 1 rings (SSSR count). The maximum atomic E-state index is 12.0. The van der Waals surface area contributed by atoms with Crippen molar-refractivity contribution >= 4 is 43.5 Å². The standard InChI is InChI=1S/C11H9BrClNO4S/c1-2-3-9(11(15)16)14-19(17,18)10-5-4-7(12)6-8(10)13/h1,4-6,9,14H,3H2,(H,15,16). The minimum absolute atomic E-state index is 0.0216. The summed E-state index contributed by atoms with van der Waals surface area (Å²) in [5.74, 6) is 0.747. The van der Waals surface area contributed by atoms with Gasteiger partial charge in [-0.3, -0.25) is 4.79 Å². The van der Waals surface area contributed by atoms with Crippen LogP contribution in [0.25, 0.3) is 0 Å². The first-order valence-electron chi connectivity index (χ1n) is 4.91. The van der Waals surface area contributed by atoms with Crippen molar-refractivity contribution in [1.29, 1.82) is 0 Å². The number of sulfonamides is 1. The monoisotopic (exact) mass is 365 g/mol. The average Bonchev–Trinajstić information content (AvgIpc) is 2.27. The van der Waals surface area contributed by atoms with E-state index in [1.54, 1.807) is 0 Å². The number of carbonyl (C=O) groups is 1. The van der Waals surface area contributed by atoms with Crippen molar-refractivity contribution in [1.82, 2.24) is 4.72 Å². The third kappa shape index (κ3) is 4.21. The molecule has 0 aliphatic rings. The summed E-state index contributed by atoms with van der Waals surface area (Å²) in [4.78, 5) is 10.7. The molecule has 1 atom stereocenters. The molecule has 8 heteroatoms. The Morgan fingerprint density at radius 1 is 1.58 bits per heavy atom. The maximum Gasteiger partial charge on any atom is 0.322 e. The van der Waals surface area contributed by atoms with Gasteiger partial charge in [-0.1, -0.05) is 27.5 Å². The second-order valence-corrected chi connectivity index (χ2v) is 6.50. The van der Waals surface area contributed by atoms with Crippen molar-refractivity contribution in [3.05, 3.63) is 27.7 Å². The molecule has 1 unspecified atom stereocenters. The van der Waals surface area contributed by atoms with E-state index in [4.69, 9.17) is 23.1 Å². The lowest BCUT2D eigenvalue weighted by molar-refractivity contribution is -0.138. The van der Waals surface area contributed by atoms with Crippen LogP contribution in [0.15, 0.2) is 27.6 Å². The van der Waals surface area contributed by atoms with Crippen LogP contribution in [-0.2, 0) is 14.8 Å². The molecule has 0 radical (unpaired) electrons. The molecule has 19 heavy (non-hydrogen) atoms. The van der Waals surface area contributed by atoms with Crippen molar-refractivity contribution in [2.45, 2.75) is 17.4 Å². The molecule has 1 aromatic carbocycles. The van der Waals surface area contributed by atoms with E-state index in [0.29, 0.717) is 4.47 Å². The number of halogens is 2. The number of benzene rings is 1. The van der Waals surface area contributed by atoms with Gasteiger partial charge in [0, 0.05) is 10.9 Å². The summed E-state index contributed by atoms with van der Waals surface area (Å²) < 4.78 is 26.6. The average molecular weight is 367 g/mol. The molecule has 0 aromatic heterocycles. The molecule has 102 valence electrons. The molecular formula is C11H9BrClNO4S. The van der Waals surface area contributed by atoms with Gasteiger partial charge < -0.3 is 5.11 Å². The second-order valence-electron chi connectivity index (χ2n) is 3.50. The first-order valence-corrected chi connectivity index (χ1v) is 7.57. The highest BCUT2D eigenvalue weighted by Crippen LogP contribution is 2.25. The van der Waals surface area contributed by atoms with E-state index in [-0.39, 0.29) is 16.3 Å². The minimum Gasteiger partial charge on any atom is -0.480 e. The largest absolute Gasteiger partial charge is 0.480 e. The minimum atomic E-state index is -4.05. The van der Waals surface area contributed by atoms with E-state index in [9.17, 15) is 13.2 Å². The molecule has 1 aromatic rings. The molecule has 0 aliphatic heterocycles. The summed E-state index contributed by atoms with van der Waals surface area (Å²) in [6.07, 6.45) is 4.73. The number of rotatable bonds is 5. The molecular weight excluding hydrogens is 358 g/mol. The van der Waals surface area contributed by atoms with Crippen molar-refractivity contribution in [3.63, 3.8) is 0 Å². The molecule has 0 spiro atoms. The SMILES string of the molecule is C#CCC(NS(=O)(=O)c1ccc(Br)cc1Cl)C(=O)O. The van der Waals surface area contributed by atoms with Gasteiger partial charge in [-0.2, -0.15) is 4.72 Å². The van der Waals surface area contributed by atoms with E-state index < -0.39 is 22.0 Å². The lowest BCUT2D eigenvalue weighted by Gasteiger charge is -2.13. The van der Waals surface area contributed by atoms with Gasteiger partial charge in [-0.05, 0) is 18.2 Å². The van der Waals surface area contributed by atoms with Crippen molar-refractivity contribution in [2.75, 3.05) is 0 Å². The van der Waals surface area contributed by atoms with E-state index in [1.165, 1.54) is 18.2 Å². The molecule has 0 saturated heterocycles. The van der Waals surface area contributed by atoms with Gasteiger partial charge in [-0.25, -0.2) is 8.42 Å². The maximum absolute atomic E-state index is 12.0. The van der Waals surface area contributed by atoms with Crippen LogP contribution in [-0.4, -0.2) is 25.5 Å². The van der Waals surface area contributed by atoms with Gasteiger partial charge in [0.2, 0.25) is 10.0 Å². The van der Waals surface area contributed by atoms with E-state index >= 15 is 0 Å². The van der Waals surface area contributed by atoms with Gasteiger partial charge in [0.25, 0.3) is 0 Å². The zero-order valence-corrected chi connectivity index (χ0v) is 12.6. The molecule has 0 bridgehead atoms. The highest BCUT2D eigenvalue weighted by molar-refractivity contribution is 9.10. The lowest BCUT2D eigenvalue weighted by Crippen LogP contribution is -2.40. The Labute approximate surface area is 124 Å². The molecule has 0 aliphatic carbocycles. The number of aliphatic carboxylic acids is 1. The van der Waals surface area contributed by atoms with E-state index in [1.807, 2.05) is 4.72 Å². The van der Waals surface area contributed by atoms with Crippen LogP contribution in [0.2, 0.25) is 5.02 Å². The summed E-state index contributed by atoms with van der Waals surface area (Å²) in [6.45, 7) is 0. The Kier molecular flexibility index (Phi) is 5.38. The van der Waals surface area contributed by atoms with Gasteiger partial charge in [0.1, 0.15) is 10.9 Å². The molecule has 0 fully saturated rings. The third-order valence-electron chi connectivity index (χ3n) is 2.10. The van der Waals surface area contributed by atoms with E-state index in [2.05, 4.69) is 21.9 Å². The molecule has 0 saturated carbocycles. The Bertz CT molecular complexity index is 639. The van der Waals surface area contributed by atoms with Crippen LogP contribution in [0.3, 0.4) is 0 Å². The number of hydrogen-bond acceptors (Lipinski definition) is 3. The Morgan fingerprint density at radius 2 is 2.21 bits per heavy atom. The first kappa shape index (κ1) is 16.0. The topological polar surface area (TPSA) is 83.5 Å². The van der Waals surface area contributed by atoms with Gasteiger partial charge in [0.15, 0.2) is 0 Å². The lowest BCUT2D eigenvalue weighted by atomic mass is 10.2. The molecule has 5 nitrogen and oxygen atoms in total. The predicted octanol–water partition coefficient (Wildman–Crippen LogP) is 1.86. The number of hydrogen-bond donors (Lipinski definition) is 2. The quantitative estimate of drug-likeness (QED) is 0.779. The second kappa shape index (κ2) is 6.39. The number of carboxylic acids is 1. The first-order chi connectivity index (χ1) is 8.77. The van der Waals surface area contributed by atoms with Crippen LogP contribution in [0.1, 0.15) is 6.42 Å². The fourth-order valence-electron chi connectivity index (χ4n) is 1.24. The Morgan fingerprint density at radius 3 is 2.68 bits per heavy atom. The highest BCUT2D eigenvalue weighted by atomic mass is 79.9. The number of carboxylic acid groups (broad SMARTS) is 1. The smallest absolute Gasteiger partial charge is 0.322 e. The zero-order valence-electron chi connectivity index (χ0n) is 9.43. The molecule has 2 N–H and O–H groups in total. The van der Waals surface area contributed by atoms with Crippen LogP contribution in [0.5, 0.6) is 0 Å². The predicted molar refractivity (Wildman–Crippen MR) is 74.3 cm³/mol. The Balaban J connectivity index is 3.11. The van der Waals surface area contributed by atoms with Gasteiger partial charge >= 0.3 is 5.97 Å². The highest BCUT2D eigenvalue weighted by Gasteiger charge is 2.26. The van der Waals surface area contributed by atoms with Gasteiger partial charge in [-0.15, -0.1) is 12.3 Å². The molecule has 0 heterocycles. The summed E-state index contributed by atoms with van der Waals surface area (Å²) in [5.41, 5.74) is 0. The third-order valence-corrected chi connectivity index (χ3v) is 4.55. The normalized spacial score (nSPS) is 12.7. The van der Waals surface area contributed by atoms with Crippen LogP contribution in [0.4, 0.5) is 0 Å². The number of terminal acetylenes is 1. The van der Waals surface area contributed by atoms with Crippen molar-refractivity contribution in [3.8, 4) is 12.3 Å². The summed E-state index contributed by atoms with van der Waals surface area (Å²) >= 11 is 8.96. The van der Waals surface area contributed by atoms with Gasteiger partial charge in [0.05, 0.1) is 5.02 Å². The fourth-order valence-corrected chi connectivity index (χ4v) is 3.47. The molecule has 0 amide bonds. The summed E-state index contributed by atoms with van der Waals surface area (Å²) in [6, 6.07) is 2.75. The Hall–Kier alpha value is -1.07. The van der Waals surface area contributed by atoms with Crippen LogP contribution < -0.4 is 4.72 Å². The van der Waals surface area contributed by atoms with E-state index in [0.717, 1.165) is 0 Å². The summed E-state index contributed by atoms with van der Waals surface area (Å²) in [7, 11) is -4.05.